The molecule has 0 spiro atoms. The third kappa shape index (κ3) is 8.32. The molecule has 1 amide bonds. The van der Waals surface area contributed by atoms with E-state index in [0.717, 1.165) is 22.9 Å². The van der Waals surface area contributed by atoms with Crippen molar-refractivity contribution in [1.82, 2.24) is 5.32 Å². The van der Waals surface area contributed by atoms with Gasteiger partial charge in [0.15, 0.2) is 0 Å². The van der Waals surface area contributed by atoms with E-state index in [1.165, 1.54) is 11.8 Å². The second-order valence-corrected chi connectivity index (χ2v) is 13.0. The molecule has 0 heterocycles. The van der Waals surface area contributed by atoms with E-state index >= 15 is 0 Å². The number of rotatable bonds is 11. The highest BCUT2D eigenvalue weighted by Crippen LogP contribution is 2.50. The fourth-order valence-electron chi connectivity index (χ4n) is 4.09. The Labute approximate surface area is 233 Å². The van der Waals surface area contributed by atoms with Crippen molar-refractivity contribution < 1.29 is 32.0 Å². The molecule has 0 aliphatic heterocycles. The summed E-state index contributed by atoms with van der Waals surface area (Å²) in [5, 5.41) is 11.6. The van der Waals surface area contributed by atoms with Gasteiger partial charge in [-0.3, -0.25) is 4.18 Å². The predicted octanol–water partition coefficient (Wildman–Crippen LogP) is 5.03. The minimum atomic E-state index is -3.94. The first-order chi connectivity index (χ1) is 18.3. The summed E-state index contributed by atoms with van der Waals surface area (Å²) in [6, 6.07) is 26.9. The van der Waals surface area contributed by atoms with Crippen LogP contribution in [0.15, 0.2) is 91.0 Å². The van der Waals surface area contributed by atoms with Gasteiger partial charge >= 0.3 is 12.1 Å². The molecule has 0 radical (unpaired) electrons. The molecule has 2 N–H and O–H groups in total. The number of nitrogens with one attached hydrogen (secondary N) is 1. The number of amides is 1. The summed E-state index contributed by atoms with van der Waals surface area (Å²) in [7, 11) is -3.94. The maximum Gasteiger partial charge on any atom is 0.408 e. The lowest BCUT2D eigenvalue weighted by molar-refractivity contribution is -0.139. The van der Waals surface area contributed by atoms with E-state index in [0.29, 0.717) is 0 Å². The Hall–Kier alpha value is -3.34. The largest absolute Gasteiger partial charge is 0.480 e. The second kappa shape index (κ2) is 12.7. The second-order valence-electron chi connectivity index (χ2n) is 9.89. The highest BCUT2D eigenvalue weighted by Gasteiger charge is 2.44. The van der Waals surface area contributed by atoms with Crippen molar-refractivity contribution in [3.63, 3.8) is 0 Å². The van der Waals surface area contributed by atoms with Crippen molar-refractivity contribution in [2.45, 2.75) is 42.4 Å². The molecule has 3 rings (SSSR count). The lowest BCUT2D eigenvalue weighted by Gasteiger charge is -2.39. The van der Waals surface area contributed by atoms with Gasteiger partial charge in [0.25, 0.3) is 10.1 Å². The first kappa shape index (κ1) is 30.2. The van der Waals surface area contributed by atoms with E-state index in [-0.39, 0.29) is 0 Å². The molecule has 0 aromatic heterocycles. The van der Waals surface area contributed by atoms with Gasteiger partial charge in [0.2, 0.25) is 0 Å². The summed E-state index contributed by atoms with van der Waals surface area (Å²) < 4.78 is 33.5. The van der Waals surface area contributed by atoms with Gasteiger partial charge in [-0.2, -0.15) is 8.42 Å². The highest BCUT2D eigenvalue weighted by molar-refractivity contribution is 8.01. The van der Waals surface area contributed by atoms with Crippen LogP contribution < -0.4 is 5.32 Å². The molecule has 3 aromatic carbocycles. The summed E-state index contributed by atoms with van der Waals surface area (Å²) in [5.41, 5.74) is 1.62. The number of carbonyl (C=O) groups excluding carboxylic acids is 1. The van der Waals surface area contributed by atoms with Crippen molar-refractivity contribution in [1.29, 1.82) is 0 Å². The Morgan fingerprint density at radius 3 is 1.59 bits per heavy atom. The third-order valence-electron chi connectivity index (χ3n) is 5.63. The van der Waals surface area contributed by atoms with E-state index in [9.17, 15) is 23.1 Å². The number of carbonyl (C=O) groups is 2. The van der Waals surface area contributed by atoms with Crippen molar-refractivity contribution in [2.75, 3.05) is 12.9 Å². The Bertz CT molecular complexity index is 1250. The number of alkyl carbamates (subject to hydrolysis) is 1. The van der Waals surface area contributed by atoms with E-state index in [4.69, 9.17) is 8.92 Å². The number of hydrogen-bond acceptors (Lipinski definition) is 7. The number of thioether (sulfide) groups is 1. The molecule has 39 heavy (non-hydrogen) atoms. The predicted molar refractivity (Wildman–Crippen MR) is 152 cm³/mol. The number of ether oxygens (including phenoxy) is 1. The fraction of sp³-hybridized carbons (Fsp3) is 0.310. The van der Waals surface area contributed by atoms with Gasteiger partial charge in [0.1, 0.15) is 11.6 Å². The number of hydrogen-bond donors (Lipinski definition) is 2. The van der Waals surface area contributed by atoms with Crippen molar-refractivity contribution in [3.05, 3.63) is 108 Å². The van der Waals surface area contributed by atoms with Crippen LogP contribution in [0.1, 0.15) is 37.5 Å². The zero-order chi connectivity index (χ0) is 28.7. The topological polar surface area (TPSA) is 119 Å². The van der Waals surface area contributed by atoms with Crippen LogP contribution in [0, 0.1) is 0 Å². The van der Waals surface area contributed by atoms with Gasteiger partial charge in [0.05, 0.1) is 22.9 Å². The Kier molecular flexibility index (Phi) is 9.82. The molecule has 0 saturated carbocycles. The molecular weight excluding hydrogens is 538 g/mol. The summed E-state index contributed by atoms with van der Waals surface area (Å²) in [6.07, 6.45) is -0.0467. The maximum absolute atomic E-state index is 12.7. The molecule has 0 aliphatic rings. The lowest BCUT2D eigenvalue weighted by Crippen LogP contribution is -2.52. The molecule has 208 valence electrons. The van der Waals surface area contributed by atoms with Crippen LogP contribution in [0.4, 0.5) is 4.79 Å². The van der Waals surface area contributed by atoms with Gasteiger partial charge in [0, 0.05) is 0 Å². The molecule has 0 fully saturated rings. The molecule has 2 atom stereocenters. The fourth-order valence-corrected chi connectivity index (χ4v) is 6.29. The van der Waals surface area contributed by atoms with Crippen molar-refractivity contribution >= 4 is 33.9 Å². The van der Waals surface area contributed by atoms with Gasteiger partial charge in [-0.15, -0.1) is 11.8 Å². The molecule has 0 saturated heterocycles. The third-order valence-corrected chi connectivity index (χ3v) is 7.96. The molecule has 8 nitrogen and oxygen atoms in total. The van der Waals surface area contributed by atoms with Crippen LogP contribution in [-0.4, -0.2) is 55.3 Å². The SMILES string of the molecule is CC(C)(C)OC(=O)N[C@H](C(=O)O)[C@@H](COS(C)(=O)=O)SC(c1ccccc1)(c1ccccc1)c1ccccc1. The maximum atomic E-state index is 12.7. The smallest absolute Gasteiger partial charge is 0.408 e. The van der Waals surface area contributed by atoms with Crippen LogP contribution in [0.5, 0.6) is 0 Å². The van der Waals surface area contributed by atoms with E-state index < -0.39 is 50.4 Å². The Balaban J connectivity index is 2.22. The number of carboxylic acids is 1. The highest BCUT2D eigenvalue weighted by atomic mass is 32.2. The molecule has 0 aliphatic carbocycles. The number of benzene rings is 3. The summed E-state index contributed by atoms with van der Waals surface area (Å²) in [6.45, 7) is 4.47. The van der Waals surface area contributed by atoms with Crippen molar-refractivity contribution in [3.8, 4) is 0 Å². The van der Waals surface area contributed by atoms with Crippen LogP contribution in [-0.2, 0) is 28.6 Å². The molecule has 10 heteroatoms. The Morgan fingerprint density at radius 2 is 1.26 bits per heavy atom. The lowest BCUT2D eigenvalue weighted by atomic mass is 9.84. The zero-order valence-electron chi connectivity index (χ0n) is 22.2. The average Bonchev–Trinajstić information content (AvgIpc) is 2.88. The first-order valence-electron chi connectivity index (χ1n) is 12.2. The minimum Gasteiger partial charge on any atom is -0.480 e. The Morgan fingerprint density at radius 1 is 0.846 bits per heavy atom. The molecule has 0 unspecified atom stereocenters. The monoisotopic (exact) mass is 571 g/mol. The molecule has 0 bridgehead atoms. The minimum absolute atomic E-state index is 0.509. The van der Waals surface area contributed by atoms with E-state index in [2.05, 4.69) is 5.32 Å². The van der Waals surface area contributed by atoms with Gasteiger partial charge in [-0.1, -0.05) is 91.0 Å². The first-order valence-corrected chi connectivity index (χ1v) is 14.9. The van der Waals surface area contributed by atoms with Crippen LogP contribution in [0.2, 0.25) is 0 Å². The summed E-state index contributed by atoms with van der Waals surface area (Å²) in [4.78, 5) is 25.3. The summed E-state index contributed by atoms with van der Waals surface area (Å²) in [5.74, 6) is -1.36. The molecule has 3 aromatic rings. The summed E-state index contributed by atoms with van der Waals surface area (Å²) >= 11 is 1.19. The van der Waals surface area contributed by atoms with Crippen LogP contribution >= 0.6 is 11.8 Å². The van der Waals surface area contributed by atoms with Crippen LogP contribution in [0.25, 0.3) is 0 Å². The number of aliphatic carboxylic acids is 1. The van der Waals surface area contributed by atoms with Gasteiger partial charge in [-0.25, -0.2) is 9.59 Å². The van der Waals surface area contributed by atoms with Crippen molar-refractivity contribution in [2.24, 2.45) is 0 Å². The molecular formula is C29H33NO7S2. The average molecular weight is 572 g/mol. The number of carboxylic acid groups (broad SMARTS) is 1. The van der Waals surface area contributed by atoms with Gasteiger partial charge < -0.3 is 15.2 Å². The van der Waals surface area contributed by atoms with Crippen LogP contribution in [0.3, 0.4) is 0 Å². The standard InChI is InChI=1S/C29H33NO7S2/c1-28(2,3)37-27(33)30-25(26(31)32)24(20-36-39(4,34)35)38-29(21-14-8-5-9-15-21,22-16-10-6-11-17-22)23-18-12-7-13-19-23/h5-19,24-25H,20H2,1-4H3,(H,30,33)(H,31,32)/t24-,25+/m1/s1. The van der Waals surface area contributed by atoms with E-state index in [1.54, 1.807) is 20.8 Å². The van der Waals surface area contributed by atoms with Gasteiger partial charge in [-0.05, 0) is 37.5 Å². The zero-order valence-corrected chi connectivity index (χ0v) is 23.9. The van der Waals surface area contributed by atoms with E-state index in [1.807, 2.05) is 91.0 Å². The quantitative estimate of drug-likeness (QED) is 0.243. The normalized spacial score (nSPS) is 13.7.